The van der Waals surface area contributed by atoms with Gasteiger partial charge in [0.05, 0.1) is 19.2 Å². The molecule has 1 atom stereocenters. The zero-order chi connectivity index (χ0) is 22.4. The third-order valence-corrected chi connectivity index (χ3v) is 5.70. The lowest BCUT2D eigenvalue weighted by molar-refractivity contribution is -0.121. The number of amides is 1. The van der Waals surface area contributed by atoms with Crippen LogP contribution in [0.5, 0.6) is 5.75 Å². The lowest BCUT2D eigenvalue weighted by atomic mass is 9.93. The Morgan fingerprint density at radius 3 is 2.87 bits per heavy atom. The molecule has 0 saturated carbocycles. The second-order valence-electron chi connectivity index (χ2n) is 7.58. The number of ether oxygens (including phenoxy) is 1. The largest absolute Gasteiger partial charge is 0.497 e. The number of fused-ring (bicyclic) bond motifs is 1. The maximum Gasteiger partial charge on any atom is 0.238 e. The van der Waals surface area contributed by atoms with E-state index in [0.717, 1.165) is 30.2 Å². The molecule has 1 aromatic heterocycles. The Labute approximate surface area is 183 Å². The smallest absolute Gasteiger partial charge is 0.238 e. The van der Waals surface area contributed by atoms with Gasteiger partial charge in [-0.2, -0.15) is 5.26 Å². The quantitative estimate of drug-likeness (QED) is 0.741. The summed E-state index contributed by atoms with van der Waals surface area (Å²) in [6, 6.07) is 11.9. The second-order valence-corrected chi connectivity index (χ2v) is 7.58. The van der Waals surface area contributed by atoms with Gasteiger partial charge < -0.3 is 15.0 Å². The number of pyridine rings is 1. The highest BCUT2D eigenvalue weighted by Crippen LogP contribution is 2.31. The van der Waals surface area contributed by atoms with Gasteiger partial charge in [-0.3, -0.25) is 9.69 Å². The lowest BCUT2D eigenvalue weighted by Crippen LogP contribution is -2.41. The van der Waals surface area contributed by atoms with Crippen LogP contribution in [0.15, 0.2) is 48.4 Å². The number of benzene rings is 1. The number of anilines is 1. The predicted molar refractivity (Wildman–Crippen MR) is 121 cm³/mol. The summed E-state index contributed by atoms with van der Waals surface area (Å²) in [6.45, 7) is 7.92. The summed E-state index contributed by atoms with van der Waals surface area (Å²) in [5.41, 5.74) is 3.92. The minimum atomic E-state index is -0.0543. The zero-order valence-electron chi connectivity index (χ0n) is 18.6. The van der Waals surface area contributed by atoms with E-state index in [2.05, 4.69) is 40.3 Å². The van der Waals surface area contributed by atoms with Crippen LogP contribution in [0.4, 0.5) is 5.82 Å². The highest BCUT2D eigenvalue weighted by atomic mass is 16.5. The molecule has 1 aromatic carbocycles. The van der Waals surface area contributed by atoms with E-state index in [9.17, 15) is 4.79 Å². The number of allylic oxidation sites excluding steroid dienone is 1. The van der Waals surface area contributed by atoms with E-state index in [0.29, 0.717) is 18.7 Å². The van der Waals surface area contributed by atoms with Crippen LogP contribution in [-0.4, -0.2) is 42.5 Å². The van der Waals surface area contributed by atoms with Crippen LogP contribution in [0.2, 0.25) is 0 Å². The van der Waals surface area contributed by atoms with Gasteiger partial charge in [-0.05, 0) is 62.6 Å². The number of aromatic nitrogens is 1. The van der Waals surface area contributed by atoms with Crippen LogP contribution in [-0.2, 0) is 11.2 Å². The molecule has 0 bridgehead atoms. The Hall–Kier alpha value is -3.37. The molecule has 2 aromatic rings. The first-order chi connectivity index (χ1) is 15.0. The zero-order valence-corrected chi connectivity index (χ0v) is 18.6. The van der Waals surface area contributed by atoms with Crippen molar-refractivity contribution in [3.05, 3.63) is 65.1 Å². The number of nitrogens with zero attached hydrogens (tertiary/aromatic N) is 4. The average Bonchev–Trinajstić information content (AvgIpc) is 2.80. The molecule has 1 N–H and O–H groups in total. The van der Waals surface area contributed by atoms with E-state index in [1.807, 2.05) is 30.9 Å². The van der Waals surface area contributed by atoms with Crippen molar-refractivity contribution >= 4 is 11.7 Å². The summed E-state index contributed by atoms with van der Waals surface area (Å²) in [5, 5.41) is 11.9. The molecule has 1 aliphatic rings. The number of carbonyl (C=O) groups excluding carboxylic acids is 1. The molecule has 0 saturated heterocycles. The Kier molecular flexibility index (Phi) is 7.27. The average molecular weight is 420 g/mol. The molecule has 1 aliphatic heterocycles. The standard InChI is InChI=1S/C24H29N5O2/c1-5-29(23-9-6-19(13-25)15-26-23)17(2)14-27-24(30)16-28-11-10-20-7-8-21(31-4)12-22(20)18(28)3/h6-9,12,14-15,18H,5,10-11,16H2,1-4H3,(H,27,30)/b17-14+. The third-order valence-electron chi connectivity index (χ3n) is 5.70. The van der Waals surface area contributed by atoms with Crippen molar-refractivity contribution in [3.8, 4) is 11.8 Å². The van der Waals surface area contributed by atoms with Crippen LogP contribution in [0.25, 0.3) is 0 Å². The number of nitrogens with one attached hydrogen (secondary N) is 1. The summed E-state index contributed by atoms with van der Waals surface area (Å²) in [5.74, 6) is 1.52. The van der Waals surface area contributed by atoms with Crippen molar-refractivity contribution in [2.45, 2.75) is 33.2 Å². The number of hydrogen-bond acceptors (Lipinski definition) is 6. The minimum Gasteiger partial charge on any atom is -0.497 e. The van der Waals surface area contributed by atoms with Gasteiger partial charge in [-0.15, -0.1) is 0 Å². The number of rotatable bonds is 7. The molecule has 0 fully saturated rings. The van der Waals surface area contributed by atoms with Crippen molar-refractivity contribution in [1.82, 2.24) is 15.2 Å². The Morgan fingerprint density at radius 2 is 2.23 bits per heavy atom. The summed E-state index contributed by atoms with van der Waals surface area (Å²) < 4.78 is 5.36. The fourth-order valence-electron chi connectivity index (χ4n) is 3.88. The molecule has 7 nitrogen and oxygen atoms in total. The highest BCUT2D eigenvalue weighted by Gasteiger charge is 2.25. The van der Waals surface area contributed by atoms with Gasteiger partial charge in [0.15, 0.2) is 0 Å². The first-order valence-corrected chi connectivity index (χ1v) is 10.5. The van der Waals surface area contributed by atoms with Crippen molar-refractivity contribution < 1.29 is 9.53 Å². The van der Waals surface area contributed by atoms with Gasteiger partial charge in [-0.25, -0.2) is 4.98 Å². The molecule has 1 unspecified atom stereocenters. The van der Waals surface area contributed by atoms with Crippen molar-refractivity contribution in [1.29, 1.82) is 5.26 Å². The maximum atomic E-state index is 12.6. The first kappa shape index (κ1) is 22.3. The van der Waals surface area contributed by atoms with Crippen LogP contribution >= 0.6 is 0 Å². The van der Waals surface area contributed by atoms with E-state index in [-0.39, 0.29) is 11.9 Å². The normalized spacial score (nSPS) is 16.2. The molecule has 2 heterocycles. The predicted octanol–water partition coefficient (Wildman–Crippen LogP) is 3.38. The van der Waals surface area contributed by atoms with Crippen molar-refractivity contribution in [3.63, 3.8) is 0 Å². The van der Waals surface area contributed by atoms with Gasteiger partial charge in [0, 0.05) is 37.2 Å². The molecular weight excluding hydrogens is 390 g/mol. The SMILES string of the molecule is CCN(/C(C)=C/NC(=O)CN1CCc2ccc(OC)cc2C1C)c1ccc(C#N)cn1. The van der Waals surface area contributed by atoms with Crippen molar-refractivity contribution in [2.24, 2.45) is 0 Å². The van der Waals surface area contributed by atoms with Crippen LogP contribution in [0, 0.1) is 11.3 Å². The second kappa shape index (κ2) is 10.1. The molecular formula is C24H29N5O2. The fourth-order valence-corrected chi connectivity index (χ4v) is 3.88. The van der Waals surface area contributed by atoms with Crippen molar-refractivity contribution in [2.75, 3.05) is 31.6 Å². The van der Waals surface area contributed by atoms with Crippen LogP contribution in [0.1, 0.15) is 43.5 Å². The minimum absolute atomic E-state index is 0.0543. The van der Waals surface area contributed by atoms with E-state index < -0.39 is 0 Å². The number of hydrogen-bond donors (Lipinski definition) is 1. The molecule has 31 heavy (non-hydrogen) atoms. The van der Waals surface area contributed by atoms with Gasteiger partial charge in [0.1, 0.15) is 17.6 Å². The Morgan fingerprint density at radius 1 is 1.42 bits per heavy atom. The van der Waals surface area contributed by atoms with Gasteiger partial charge in [0.2, 0.25) is 5.91 Å². The molecule has 7 heteroatoms. The van der Waals surface area contributed by atoms with Gasteiger partial charge >= 0.3 is 0 Å². The monoisotopic (exact) mass is 419 g/mol. The number of nitriles is 1. The summed E-state index contributed by atoms with van der Waals surface area (Å²) in [7, 11) is 1.67. The van der Waals surface area contributed by atoms with E-state index in [1.54, 1.807) is 25.6 Å². The molecule has 1 amide bonds. The Balaban J connectivity index is 1.63. The summed E-state index contributed by atoms with van der Waals surface area (Å²) in [6.07, 6.45) is 4.19. The van der Waals surface area contributed by atoms with Crippen LogP contribution in [0.3, 0.4) is 0 Å². The Bertz CT molecular complexity index is 994. The van der Waals surface area contributed by atoms with E-state index in [4.69, 9.17) is 10.00 Å². The molecule has 3 rings (SSSR count). The fraction of sp³-hybridized carbons (Fsp3) is 0.375. The molecule has 0 spiro atoms. The number of methoxy groups -OCH3 is 1. The van der Waals surface area contributed by atoms with Gasteiger partial charge in [0.25, 0.3) is 0 Å². The lowest BCUT2D eigenvalue weighted by Gasteiger charge is -2.34. The highest BCUT2D eigenvalue weighted by molar-refractivity contribution is 5.79. The van der Waals surface area contributed by atoms with E-state index in [1.165, 1.54) is 11.1 Å². The molecule has 0 radical (unpaired) electrons. The first-order valence-electron chi connectivity index (χ1n) is 10.5. The summed E-state index contributed by atoms with van der Waals surface area (Å²) >= 11 is 0. The summed E-state index contributed by atoms with van der Waals surface area (Å²) in [4.78, 5) is 21.1. The topological polar surface area (TPSA) is 81.5 Å². The van der Waals surface area contributed by atoms with Gasteiger partial charge in [-0.1, -0.05) is 6.07 Å². The van der Waals surface area contributed by atoms with E-state index >= 15 is 0 Å². The van der Waals surface area contributed by atoms with Crippen LogP contribution < -0.4 is 15.0 Å². The third kappa shape index (κ3) is 5.22. The molecule has 0 aliphatic carbocycles. The number of carbonyl (C=O) groups is 1. The molecule has 162 valence electrons. The maximum absolute atomic E-state index is 12.6.